The van der Waals surface area contributed by atoms with Gasteiger partial charge in [-0.2, -0.15) is 0 Å². The van der Waals surface area contributed by atoms with E-state index in [0.29, 0.717) is 19.3 Å². The maximum absolute atomic E-state index is 12.6. The zero-order valence-corrected chi connectivity index (χ0v) is 33.9. The molecule has 0 amide bonds. The van der Waals surface area contributed by atoms with Crippen LogP contribution in [-0.2, 0) is 28.6 Å². The summed E-state index contributed by atoms with van der Waals surface area (Å²) in [6.07, 6.45) is 43.1. The van der Waals surface area contributed by atoms with E-state index in [2.05, 4.69) is 45.1 Å². The molecule has 6 nitrogen and oxygen atoms in total. The minimum absolute atomic E-state index is 0.0730. The summed E-state index contributed by atoms with van der Waals surface area (Å²) in [6.45, 7) is 6.55. The third-order valence-electron chi connectivity index (χ3n) is 9.46. The number of esters is 3. The smallest absolute Gasteiger partial charge is 0.306 e. The number of ether oxygens (including phenoxy) is 3. The molecule has 0 saturated heterocycles. The molecule has 0 aliphatic heterocycles. The standard InChI is InChI=1S/C45H82O6/c1-4-7-10-13-16-19-20-21-22-23-24-25-27-29-32-35-38-44(47)50-41-42(40-49-43(46)37-34-31-28-18-15-12-9-6-3)51-45(48)39-36-33-30-26-17-14-11-8-5-2/h19-20,22-23,42H,4-18,21,24-41H2,1-3H3/b20-19-,23-22-. The molecular formula is C45H82O6. The van der Waals surface area contributed by atoms with Gasteiger partial charge in [0.05, 0.1) is 0 Å². The quantitative estimate of drug-likeness (QED) is 0.0272. The van der Waals surface area contributed by atoms with E-state index in [4.69, 9.17) is 14.2 Å². The van der Waals surface area contributed by atoms with Gasteiger partial charge in [-0.3, -0.25) is 14.4 Å². The Bertz CT molecular complexity index is 835. The lowest BCUT2D eigenvalue weighted by Gasteiger charge is -2.18. The number of carbonyl (C=O) groups excluding carboxylic acids is 3. The fourth-order valence-corrected chi connectivity index (χ4v) is 6.12. The zero-order chi connectivity index (χ0) is 37.3. The van der Waals surface area contributed by atoms with Gasteiger partial charge in [-0.05, 0) is 51.4 Å². The van der Waals surface area contributed by atoms with Gasteiger partial charge in [0, 0.05) is 19.3 Å². The summed E-state index contributed by atoms with van der Waals surface area (Å²) in [6, 6.07) is 0. The molecule has 0 bridgehead atoms. The van der Waals surface area contributed by atoms with Crippen molar-refractivity contribution in [2.75, 3.05) is 13.2 Å². The molecule has 1 atom stereocenters. The van der Waals surface area contributed by atoms with Gasteiger partial charge >= 0.3 is 17.9 Å². The van der Waals surface area contributed by atoms with Crippen LogP contribution in [0.2, 0.25) is 0 Å². The first-order valence-corrected chi connectivity index (χ1v) is 21.8. The molecule has 0 N–H and O–H groups in total. The van der Waals surface area contributed by atoms with Crippen LogP contribution in [0.25, 0.3) is 0 Å². The molecule has 0 saturated carbocycles. The minimum atomic E-state index is -0.767. The van der Waals surface area contributed by atoms with E-state index < -0.39 is 6.10 Å². The van der Waals surface area contributed by atoms with E-state index in [1.165, 1.54) is 109 Å². The number of unbranched alkanes of at least 4 members (excludes halogenated alkanes) is 24. The SMILES string of the molecule is CCCCCC/C=C\C/C=C\CCCCCCCC(=O)OCC(COC(=O)CCCCCCCCCC)OC(=O)CCCCCCCCCCC. The molecule has 51 heavy (non-hydrogen) atoms. The first-order chi connectivity index (χ1) is 25.0. The highest BCUT2D eigenvalue weighted by Crippen LogP contribution is 2.14. The van der Waals surface area contributed by atoms with Gasteiger partial charge < -0.3 is 14.2 Å². The summed E-state index contributed by atoms with van der Waals surface area (Å²) >= 11 is 0. The third kappa shape index (κ3) is 38.9. The summed E-state index contributed by atoms with van der Waals surface area (Å²) in [5.41, 5.74) is 0. The third-order valence-corrected chi connectivity index (χ3v) is 9.46. The highest BCUT2D eigenvalue weighted by atomic mass is 16.6. The second-order valence-corrected chi connectivity index (χ2v) is 14.6. The topological polar surface area (TPSA) is 78.9 Å². The van der Waals surface area contributed by atoms with Crippen LogP contribution in [0.15, 0.2) is 24.3 Å². The molecule has 0 radical (unpaired) electrons. The van der Waals surface area contributed by atoms with E-state index in [1.54, 1.807) is 0 Å². The number of allylic oxidation sites excluding steroid dienone is 4. The maximum atomic E-state index is 12.6. The van der Waals surface area contributed by atoms with Gasteiger partial charge in [-0.1, -0.05) is 180 Å². The average Bonchev–Trinajstić information content (AvgIpc) is 3.12. The minimum Gasteiger partial charge on any atom is -0.462 e. The predicted molar refractivity (Wildman–Crippen MR) is 215 cm³/mol. The lowest BCUT2D eigenvalue weighted by molar-refractivity contribution is -0.167. The fraction of sp³-hybridized carbons (Fsp3) is 0.844. The molecule has 0 aromatic rings. The lowest BCUT2D eigenvalue weighted by atomic mass is 10.1. The number of carbonyl (C=O) groups is 3. The summed E-state index contributed by atoms with van der Waals surface area (Å²) in [7, 11) is 0. The van der Waals surface area contributed by atoms with Crippen LogP contribution >= 0.6 is 0 Å². The van der Waals surface area contributed by atoms with Crippen molar-refractivity contribution in [3.8, 4) is 0 Å². The van der Waals surface area contributed by atoms with Gasteiger partial charge in [0.25, 0.3) is 0 Å². The van der Waals surface area contributed by atoms with Crippen molar-refractivity contribution < 1.29 is 28.6 Å². The molecule has 0 aromatic heterocycles. The van der Waals surface area contributed by atoms with Crippen LogP contribution in [-0.4, -0.2) is 37.2 Å². The first-order valence-electron chi connectivity index (χ1n) is 21.8. The van der Waals surface area contributed by atoms with Gasteiger partial charge in [0.1, 0.15) is 13.2 Å². The number of rotatable bonds is 39. The van der Waals surface area contributed by atoms with Crippen LogP contribution in [0.4, 0.5) is 0 Å². The van der Waals surface area contributed by atoms with Crippen LogP contribution in [0.5, 0.6) is 0 Å². The van der Waals surface area contributed by atoms with Gasteiger partial charge in [0.2, 0.25) is 0 Å². The van der Waals surface area contributed by atoms with Crippen molar-refractivity contribution >= 4 is 17.9 Å². The van der Waals surface area contributed by atoms with Crippen molar-refractivity contribution in [1.29, 1.82) is 0 Å². The summed E-state index contributed by atoms with van der Waals surface area (Å²) in [5, 5.41) is 0. The highest BCUT2D eigenvalue weighted by molar-refractivity contribution is 5.71. The Morgan fingerprint density at radius 1 is 0.392 bits per heavy atom. The first kappa shape index (κ1) is 48.9. The highest BCUT2D eigenvalue weighted by Gasteiger charge is 2.19. The molecule has 0 spiro atoms. The fourth-order valence-electron chi connectivity index (χ4n) is 6.12. The molecule has 0 heterocycles. The van der Waals surface area contributed by atoms with Gasteiger partial charge in [-0.15, -0.1) is 0 Å². The van der Waals surface area contributed by atoms with Crippen LogP contribution in [0.1, 0.15) is 226 Å². The molecule has 0 aliphatic rings. The Morgan fingerprint density at radius 2 is 0.706 bits per heavy atom. The van der Waals surface area contributed by atoms with Crippen LogP contribution in [0.3, 0.4) is 0 Å². The van der Waals surface area contributed by atoms with E-state index in [9.17, 15) is 14.4 Å². The van der Waals surface area contributed by atoms with Gasteiger partial charge in [-0.25, -0.2) is 0 Å². The number of hydrogen-bond acceptors (Lipinski definition) is 6. The number of hydrogen-bond donors (Lipinski definition) is 0. The molecule has 0 rings (SSSR count). The Kier molecular flexibility index (Phi) is 39.0. The monoisotopic (exact) mass is 719 g/mol. The summed E-state index contributed by atoms with van der Waals surface area (Å²) in [5.74, 6) is -0.892. The van der Waals surface area contributed by atoms with Crippen molar-refractivity contribution in [2.45, 2.75) is 232 Å². The van der Waals surface area contributed by atoms with E-state index in [0.717, 1.165) is 77.0 Å². The zero-order valence-electron chi connectivity index (χ0n) is 33.9. The van der Waals surface area contributed by atoms with E-state index in [-0.39, 0.29) is 31.1 Å². The van der Waals surface area contributed by atoms with E-state index in [1.807, 2.05) is 0 Å². The Balaban J connectivity index is 4.30. The van der Waals surface area contributed by atoms with Crippen LogP contribution in [0, 0.1) is 0 Å². The van der Waals surface area contributed by atoms with Crippen molar-refractivity contribution in [2.24, 2.45) is 0 Å². The Morgan fingerprint density at radius 3 is 1.10 bits per heavy atom. The lowest BCUT2D eigenvalue weighted by Crippen LogP contribution is -2.30. The average molecular weight is 719 g/mol. The second kappa shape index (κ2) is 40.7. The molecule has 298 valence electrons. The maximum Gasteiger partial charge on any atom is 0.306 e. The second-order valence-electron chi connectivity index (χ2n) is 14.6. The summed E-state index contributed by atoms with van der Waals surface area (Å²) in [4.78, 5) is 37.5. The molecule has 6 heteroatoms. The van der Waals surface area contributed by atoms with Crippen molar-refractivity contribution in [1.82, 2.24) is 0 Å². The summed E-state index contributed by atoms with van der Waals surface area (Å²) < 4.78 is 16.6. The largest absolute Gasteiger partial charge is 0.462 e. The molecule has 0 aliphatic carbocycles. The molecule has 1 unspecified atom stereocenters. The Hall–Kier alpha value is -2.11. The van der Waals surface area contributed by atoms with Crippen molar-refractivity contribution in [3.63, 3.8) is 0 Å². The Labute approximate surface area is 315 Å². The van der Waals surface area contributed by atoms with Gasteiger partial charge in [0.15, 0.2) is 6.10 Å². The molecule has 0 fully saturated rings. The molecule has 0 aromatic carbocycles. The normalized spacial score (nSPS) is 12.1. The van der Waals surface area contributed by atoms with Crippen molar-refractivity contribution in [3.05, 3.63) is 24.3 Å². The van der Waals surface area contributed by atoms with Crippen LogP contribution < -0.4 is 0 Å². The van der Waals surface area contributed by atoms with E-state index >= 15 is 0 Å². The predicted octanol–water partition coefficient (Wildman–Crippen LogP) is 13.6. The molecular weight excluding hydrogens is 636 g/mol.